The minimum Gasteiger partial charge on any atom is -0.356 e. The Hall–Kier alpha value is -1.46. The van der Waals surface area contributed by atoms with E-state index in [2.05, 4.69) is 46.9 Å². The number of piperidine rings is 2. The van der Waals surface area contributed by atoms with Gasteiger partial charge in [0, 0.05) is 38.1 Å². The Morgan fingerprint density at radius 3 is 2.68 bits per heavy atom. The van der Waals surface area contributed by atoms with Crippen LogP contribution in [0.5, 0.6) is 0 Å². The van der Waals surface area contributed by atoms with E-state index >= 15 is 0 Å². The van der Waals surface area contributed by atoms with Gasteiger partial charge >= 0.3 is 0 Å². The molecule has 1 atom stereocenters. The average molecular weight is 387 g/mol. The Labute approximate surface area is 170 Å². The topological polar surface area (TPSA) is 48.5 Å². The highest BCUT2D eigenvalue weighted by molar-refractivity contribution is 5.78. The van der Waals surface area contributed by atoms with Gasteiger partial charge in [-0.2, -0.15) is 0 Å². The summed E-state index contributed by atoms with van der Waals surface area (Å²) in [6, 6.07) is 4.81. The highest BCUT2D eigenvalue weighted by Gasteiger charge is 2.31. The van der Waals surface area contributed by atoms with E-state index in [0.29, 0.717) is 6.04 Å². The van der Waals surface area contributed by atoms with Crippen molar-refractivity contribution in [2.45, 2.75) is 65.5 Å². The standard InChI is InChI=1S/C23H38N4O/c1-23(2,3)10-12-25-22(28)20-7-5-13-27(18-20)21-8-14-26(15-9-21)17-19-6-4-11-24-16-19/h4,6,11,16,20-21H,5,7-10,12-15,17-18H2,1-3H3,(H,25,28)/t20-/m0/s1. The van der Waals surface area contributed by atoms with E-state index in [1.807, 2.05) is 18.5 Å². The molecule has 1 N–H and O–H groups in total. The molecule has 2 saturated heterocycles. The van der Waals surface area contributed by atoms with Crippen LogP contribution in [-0.2, 0) is 11.3 Å². The van der Waals surface area contributed by atoms with E-state index in [-0.39, 0.29) is 17.2 Å². The van der Waals surface area contributed by atoms with Gasteiger partial charge in [0.05, 0.1) is 5.92 Å². The lowest BCUT2D eigenvalue weighted by atomic mass is 9.91. The molecule has 1 amide bonds. The summed E-state index contributed by atoms with van der Waals surface area (Å²) in [5.74, 6) is 0.435. The van der Waals surface area contributed by atoms with Crippen LogP contribution in [0.4, 0.5) is 0 Å². The van der Waals surface area contributed by atoms with Crippen molar-refractivity contribution < 1.29 is 4.79 Å². The Morgan fingerprint density at radius 2 is 2.00 bits per heavy atom. The lowest BCUT2D eigenvalue weighted by molar-refractivity contribution is -0.127. The molecule has 0 bridgehead atoms. The molecule has 1 aromatic rings. The van der Waals surface area contributed by atoms with Crippen LogP contribution in [0.2, 0.25) is 0 Å². The van der Waals surface area contributed by atoms with Crippen molar-refractivity contribution in [3.05, 3.63) is 30.1 Å². The second kappa shape index (κ2) is 9.84. The first kappa shape index (κ1) is 21.3. The summed E-state index contributed by atoms with van der Waals surface area (Å²) in [4.78, 5) is 22.0. The lowest BCUT2D eigenvalue weighted by Gasteiger charge is -2.42. The van der Waals surface area contributed by atoms with E-state index < -0.39 is 0 Å². The molecule has 0 spiro atoms. The van der Waals surface area contributed by atoms with Crippen molar-refractivity contribution in [3.63, 3.8) is 0 Å². The smallest absolute Gasteiger partial charge is 0.224 e. The number of carbonyl (C=O) groups is 1. The molecule has 0 aliphatic carbocycles. The van der Waals surface area contributed by atoms with Gasteiger partial charge in [-0.25, -0.2) is 0 Å². The number of nitrogens with one attached hydrogen (secondary N) is 1. The molecule has 0 aromatic carbocycles. The minimum absolute atomic E-state index is 0.169. The highest BCUT2D eigenvalue weighted by atomic mass is 16.1. The molecule has 2 aliphatic heterocycles. The van der Waals surface area contributed by atoms with E-state index in [1.54, 1.807) is 0 Å². The van der Waals surface area contributed by atoms with Crippen molar-refractivity contribution in [2.75, 3.05) is 32.7 Å². The SMILES string of the molecule is CC(C)(C)CCNC(=O)[C@H]1CCCN(C2CCN(Cc3cccnc3)CC2)C1. The predicted molar refractivity (Wildman–Crippen MR) is 114 cm³/mol. The van der Waals surface area contributed by atoms with Gasteiger partial charge in [0.2, 0.25) is 5.91 Å². The molecule has 28 heavy (non-hydrogen) atoms. The molecule has 3 rings (SSSR count). The van der Waals surface area contributed by atoms with Gasteiger partial charge in [-0.1, -0.05) is 26.8 Å². The molecule has 156 valence electrons. The third-order valence-corrected chi connectivity index (χ3v) is 6.20. The number of amides is 1. The molecule has 3 heterocycles. The van der Waals surface area contributed by atoms with Crippen LogP contribution >= 0.6 is 0 Å². The maximum Gasteiger partial charge on any atom is 0.224 e. The molecule has 0 radical (unpaired) electrons. The Morgan fingerprint density at radius 1 is 1.21 bits per heavy atom. The first-order chi connectivity index (χ1) is 13.4. The van der Waals surface area contributed by atoms with Crippen molar-refractivity contribution in [2.24, 2.45) is 11.3 Å². The van der Waals surface area contributed by atoms with Crippen molar-refractivity contribution in [1.29, 1.82) is 0 Å². The lowest BCUT2D eigenvalue weighted by Crippen LogP contribution is -2.50. The zero-order valence-corrected chi connectivity index (χ0v) is 18.0. The van der Waals surface area contributed by atoms with Crippen LogP contribution in [0.1, 0.15) is 58.4 Å². The molecular formula is C23H38N4O. The van der Waals surface area contributed by atoms with Crippen LogP contribution in [0.15, 0.2) is 24.5 Å². The predicted octanol–water partition coefficient (Wildman–Crippen LogP) is 3.31. The number of pyridine rings is 1. The third-order valence-electron chi connectivity index (χ3n) is 6.20. The van der Waals surface area contributed by atoms with Crippen molar-refractivity contribution in [3.8, 4) is 0 Å². The molecule has 0 saturated carbocycles. The minimum atomic E-state index is 0.169. The van der Waals surface area contributed by atoms with Gasteiger partial charge in [0.25, 0.3) is 0 Å². The largest absolute Gasteiger partial charge is 0.356 e. The van der Waals surface area contributed by atoms with Gasteiger partial charge in [-0.05, 0) is 68.8 Å². The number of hydrogen-bond acceptors (Lipinski definition) is 4. The number of likely N-dealkylation sites (tertiary alicyclic amines) is 2. The number of rotatable bonds is 6. The fourth-order valence-corrected chi connectivity index (χ4v) is 4.45. The van der Waals surface area contributed by atoms with Crippen LogP contribution in [0.25, 0.3) is 0 Å². The van der Waals surface area contributed by atoms with Gasteiger partial charge in [-0.3, -0.25) is 19.6 Å². The van der Waals surface area contributed by atoms with Crippen LogP contribution in [0, 0.1) is 11.3 Å². The summed E-state index contributed by atoms with van der Waals surface area (Å²) in [6.45, 7) is 12.8. The summed E-state index contributed by atoms with van der Waals surface area (Å²) in [6.07, 6.45) is 9.44. The first-order valence-electron chi connectivity index (χ1n) is 11.0. The first-order valence-corrected chi connectivity index (χ1v) is 11.0. The second-order valence-electron chi connectivity index (χ2n) is 9.80. The molecule has 5 heteroatoms. The van der Waals surface area contributed by atoms with Crippen LogP contribution in [0.3, 0.4) is 0 Å². The van der Waals surface area contributed by atoms with Crippen LogP contribution in [-0.4, -0.2) is 59.5 Å². The van der Waals surface area contributed by atoms with E-state index in [1.165, 1.54) is 18.4 Å². The Balaban J connectivity index is 1.41. The normalized spacial score (nSPS) is 22.9. The van der Waals surface area contributed by atoms with Crippen molar-refractivity contribution in [1.82, 2.24) is 20.1 Å². The van der Waals surface area contributed by atoms with Gasteiger partial charge in [0.1, 0.15) is 0 Å². The highest BCUT2D eigenvalue weighted by Crippen LogP contribution is 2.25. The summed E-state index contributed by atoms with van der Waals surface area (Å²) >= 11 is 0. The Bertz CT molecular complexity index is 605. The molecule has 2 fully saturated rings. The van der Waals surface area contributed by atoms with Crippen molar-refractivity contribution >= 4 is 5.91 Å². The summed E-state index contributed by atoms with van der Waals surface area (Å²) in [5.41, 5.74) is 1.57. The molecule has 0 unspecified atom stereocenters. The van der Waals surface area contributed by atoms with E-state index in [0.717, 1.165) is 58.5 Å². The fraction of sp³-hybridized carbons (Fsp3) is 0.739. The number of aromatic nitrogens is 1. The summed E-state index contributed by atoms with van der Waals surface area (Å²) in [7, 11) is 0. The Kier molecular flexibility index (Phi) is 7.47. The number of nitrogens with zero attached hydrogens (tertiary/aromatic N) is 3. The van der Waals surface area contributed by atoms with E-state index in [9.17, 15) is 4.79 Å². The maximum absolute atomic E-state index is 12.6. The molecular weight excluding hydrogens is 348 g/mol. The quantitative estimate of drug-likeness (QED) is 0.815. The molecule has 2 aliphatic rings. The summed E-state index contributed by atoms with van der Waals surface area (Å²) < 4.78 is 0. The second-order valence-corrected chi connectivity index (χ2v) is 9.80. The maximum atomic E-state index is 12.6. The summed E-state index contributed by atoms with van der Waals surface area (Å²) in [5, 5.41) is 3.19. The zero-order valence-electron chi connectivity index (χ0n) is 18.0. The van der Waals surface area contributed by atoms with Gasteiger partial charge < -0.3 is 5.32 Å². The zero-order chi connectivity index (χ0) is 20.0. The fourth-order valence-electron chi connectivity index (χ4n) is 4.45. The van der Waals surface area contributed by atoms with Crippen LogP contribution < -0.4 is 5.32 Å². The molecule has 5 nitrogen and oxygen atoms in total. The van der Waals surface area contributed by atoms with Gasteiger partial charge in [0.15, 0.2) is 0 Å². The average Bonchev–Trinajstić information content (AvgIpc) is 2.68. The van der Waals surface area contributed by atoms with E-state index in [4.69, 9.17) is 0 Å². The third kappa shape index (κ3) is 6.56. The van der Waals surface area contributed by atoms with Gasteiger partial charge in [-0.15, -0.1) is 0 Å². The number of hydrogen-bond donors (Lipinski definition) is 1. The monoisotopic (exact) mass is 386 g/mol. The number of carbonyl (C=O) groups excluding carboxylic acids is 1. The molecule has 1 aromatic heterocycles.